The fourth-order valence-corrected chi connectivity index (χ4v) is 9.23. The Bertz CT molecular complexity index is 1940. The number of hydrogen-bond donors (Lipinski definition) is 2. The van der Waals surface area contributed by atoms with Crippen LogP contribution in [0, 0.1) is 23.0 Å². The van der Waals surface area contributed by atoms with E-state index in [1.807, 2.05) is 11.8 Å². The predicted octanol–water partition coefficient (Wildman–Crippen LogP) is 6.03. The zero-order chi connectivity index (χ0) is 35.3. The Kier molecular flexibility index (Phi) is 9.23. The Morgan fingerprint density at radius 3 is 2.75 bits per heavy atom. The van der Waals surface area contributed by atoms with Gasteiger partial charge in [-0.1, -0.05) is 19.4 Å². The number of aliphatic hydroxyl groups is 1. The number of ether oxygens (including phenoxy) is 3. The van der Waals surface area contributed by atoms with Crippen molar-refractivity contribution in [3.63, 3.8) is 0 Å². The first kappa shape index (κ1) is 34.4. The number of hydrogen-bond acceptors (Lipinski definition) is 10. The summed E-state index contributed by atoms with van der Waals surface area (Å²) in [6.45, 7) is 8.83. The molecule has 1 saturated carbocycles. The minimum Gasteiger partial charge on any atom is -0.508 e. The molecule has 4 aliphatic rings. The van der Waals surface area contributed by atoms with Crippen LogP contribution in [0.3, 0.4) is 0 Å². The van der Waals surface area contributed by atoms with Crippen LogP contribution in [0.4, 0.5) is 14.6 Å². The highest BCUT2D eigenvalue weighted by atomic mass is 19.1. The van der Waals surface area contributed by atoms with Crippen molar-refractivity contribution in [1.82, 2.24) is 19.9 Å². The lowest BCUT2D eigenvalue weighted by Gasteiger charge is -2.46. The Labute approximate surface area is 296 Å². The first-order valence-electron chi connectivity index (χ1n) is 18.4. The quantitative estimate of drug-likeness (QED) is 0.226. The van der Waals surface area contributed by atoms with Crippen LogP contribution in [0.2, 0.25) is 0 Å². The number of benzene rings is 2. The molecule has 2 N–H and O–H groups in total. The number of aryl methyl sites for hydroxylation is 1. The van der Waals surface area contributed by atoms with E-state index in [9.17, 15) is 10.2 Å². The first-order valence-corrected chi connectivity index (χ1v) is 18.4. The number of rotatable bonds is 8. The summed E-state index contributed by atoms with van der Waals surface area (Å²) >= 11 is 0. The number of likely N-dealkylation sites (tertiary alicyclic amines) is 1. The highest BCUT2D eigenvalue weighted by Gasteiger charge is 2.49. The zero-order valence-corrected chi connectivity index (χ0v) is 29.5. The Morgan fingerprint density at radius 2 is 1.92 bits per heavy atom. The number of aromatic hydroxyl groups is 1. The van der Waals surface area contributed by atoms with E-state index in [1.54, 1.807) is 19.1 Å². The molecule has 272 valence electrons. The van der Waals surface area contributed by atoms with E-state index < -0.39 is 17.2 Å². The summed E-state index contributed by atoms with van der Waals surface area (Å²) < 4.78 is 50.1. The maximum atomic E-state index is 17.1. The molecule has 0 radical (unpaired) electrons. The topological polar surface area (TPSA) is 113 Å². The minimum atomic E-state index is -1.17. The number of halogens is 2. The number of piperidine rings is 1. The van der Waals surface area contributed by atoms with Gasteiger partial charge in [-0.25, -0.2) is 8.78 Å². The number of nitrogens with zero attached hydrogens (tertiary/aromatic N) is 5. The van der Waals surface area contributed by atoms with E-state index >= 15 is 8.78 Å². The van der Waals surface area contributed by atoms with Gasteiger partial charge in [0.15, 0.2) is 5.82 Å². The average Bonchev–Trinajstić information content (AvgIpc) is 3.75. The second-order valence-corrected chi connectivity index (χ2v) is 15.3. The van der Waals surface area contributed by atoms with Crippen molar-refractivity contribution in [3.05, 3.63) is 47.7 Å². The summed E-state index contributed by atoms with van der Waals surface area (Å²) in [5, 5.41) is 23.2. The van der Waals surface area contributed by atoms with Gasteiger partial charge in [0.2, 0.25) is 0 Å². The van der Waals surface area contributed by atoms with Gasteiger partial charge in [-0.05, 0) is 92.4 Å². The van der Waals surface area contributed by atoms with Crippen LogP contribution in [0.15, 0.2) is 30.5 Å². The maximum absolute atomic E-state index is 17.1. The molecule has 0 bridgehead atoms. The number of anilines is 1. The maximum Gasteiger partial charge on any atom is 0.319 e. The lowest BCUT2D eigenvalue weighted by Crippen LogP contribution is -2.53. The van der Waals surface area contributed by atoms with E-state index in [4.69, 9.17) is 24.2 Å². The second kappa shape index (κ2) is 13.7. The summed E-state index contributed by atoms with van der Waals surface area (Å²) in [7, 11) is 0. The SMILES string of the molecule is CCc1c(F)ccc2cc(O)cc(-c3ncc4c(N5CCOCC(C)(O)C5)nc(OCC56CCCC5N(CC5CCOC5)CCC6)nc4c3F)c12. The fraction of sp³-hybridized carbons (Fsp3) is 0.564. The molecule has 4 unspecified atom stereocenters. The lowest BCUT2D eigenvalue weighted by atomic mass is 9.75. The predicted molar refractivity (Wildman–Crippen MR) is 190 cm³/mol. The van der Waals surface area contributed by atoms with E-state index in [-0.39, 0.29) is 47.1 Å². The normalized spacial score (nSPS) is 27.3. The van der Waals surface area contributed by atoms with Gasteiger partial charge in [0.05, 0.1) is 38.4 Å². The monoisotopic (exact) mass is 703 g/mol. The molecule has 10 nitrogen and oxygen atoms in total. The van der Waals surface area contributed by atoms with Crippen molar-refractivity contribution in [2.45, 2.75) is 70.4 Å². The molecule has 4 aromatic rings. The second-order valence-electron chi connectivity index (χ2n) is 15.3. The van der Waals surface area contributed by atoms with E-state index in [0.29, 0.717) is 65.7 Å². The number of β-amino-alcohol motifs (C(OH)–C–C–N with tert-alkyl or cyclic N) is 1. The highest BCUT2D eigenvalue weighted by Crippen LogP contribution is 2.48. The zero-order valence-electron chi connectivity index (χ0n) is 29.5. The lowest BCUT2D eigenvalue weighted by molar-refractivity contribution is -0.0123. The van der Waals surface area contributed by atoms with Crippen LogP contribution in [0.1, 0.15) is 57.9 Å². The molecule has 4 fully saturated rings. The molecule has 3 aliphatic heterocycles. The molecular formula is C39H47F2N5O5. The van der Waals surface area contributed by atoms with Gasteiger partial charge in [-0.15, -0.1) is 0 Å². The molecule has 12 heteroatoms. The number of aromatic nitrogens is 3. The summed E-state index contributed by atoms with van der Waals surface area (Å²) in [6.07, 6.45) is 8.41. The van der Waals surface area contributed by atoms with Crippen LogP contribution >= 0.6 is 0 Å². The van der Waals surface area contributed by atoms with Crippen molar-refractivity contribution >= 4 is 27.5 Å². The highest BCUT2D eigenvalue weighted by molar-refractivity contribution is 6.01. The number of phenolic OH excluding ortho intramolecular Hbond substituents is 1. The Hall–Kier alpha value is -3.71. The molecule has 0 spiro atoms. The summed E-state index contributed by atoms with van der Waals surface area (Å²) in [4.78, 5) is 18.7. The third-order valence-electron chi connectivity index (χ3n) is 11.6. The van der Waals surface area contributed by atoms with Crippen LogP contribution in [0.5, 0.6) is 11.8 Å². The molecule has 3 saturated heterocycles. The molecule has 51 heavy (non-hydrogen) atoms. The van der Waals surface area contributed by atoms with Gasteiger partial charge in [-0.3, -0.25) is 9.88 Å². The molecule has 2 aromatic carbocycles. The molecule has 2 aromatic heterocycles. The van der Waals surface area contributed by atoms with Crippen molar-refractivity contribution in [3.8, 4) is 23.0 Å². The van der Waals surface area contributed by atoms with Gasteiger partial charge in [-0.2, -0.15) is 9.97 Å². The van der Waals surface area contributed by atoms with E-state index in [1.165, 1.54) is 18.3 Å². The van der Waals surface area contributed by atoms with Crippen LogP contribution in [-0.4, -0.2) is 101 Å². The van der Waals surface area contributed by atoms with Gasteiger partial charge >= 0.3 is 6.01 Å². The third-order valence-corrected chi connectivity index (χ3v) is 11.6. The smallest absolute Gasteiger partial charge is 0.319 e. The number of phenols is 1. The summed E-state index contributed by atoms with van der Waals surface area (Å²) in [6, 6.07) is 6.35. The van der Waals surface area contributed by atoms with E-state index in [2.05, 4.69) is 9.88 Å². The van der Waals surface area contributed by atoms with Crippen molar-refractivity contribution in [1.29, 1.82) is 0 Å². The van der Waals surface area contributed by atoms with Crippen LogP contribution in [-0.2, 0) is 15.9 Å². The molecule has 4 atom stereocenters. The van der Waals surface area contributed by atoms with Gasteiger partial charge in [0, 0.05) is 42.9 Å². The average molecular weight is 704 g/mol. The van der Waals surface area contributed by atoms with E-state index in [0.717, 1.165) is 64.8 Å². The first-order chi connectivity index (χ1) is 24.6. The summed E-state index contributed by atoms with van der Waals surface area (Å²) in [5.74, 6) is -0.262. The fourth-order valence-electron chi connectivity index (χ4n) is 9.23. The number of pyridine rings is 1. The third kappa shape index (κ3) is 6.49. The van der Waals surface area contributed by atoms with Crippen LogP contribution in [0.25, 0.3) is 32.9 Å². The van der Waals surface area contributed by atoms with Crippen LogP contribution < -0.4 is 9.64 Å². The van der Waals surface area contributed by atoms with Gasteiger partial charge in [0.25, 0.3) is 0 Å². The Balaban J connectivity index is 1.21. The van der Waals surface area contributed by atoms with Gasteiger partial charge in [0.1, 0.15) is 34.2 Å². The van der Waals surface area contributed by atoms with Crippen molar-refractivity contribution < 1.29 is 33.2 Å². The molecular weight excluding hydrogens is 656 g/mol. The summed E-state index contributed by atoms with van der Waals surface area (Å²) in [5.41, 5.74) is -0.596. The number of fused-ring (bicyclic) bond motifs is 3. The van der Waals surface area contributed by atoms with Gasteiger partial charge < -0.3 is 29.3 Å². The largest absolute Gasteiger partial charge is 0.508 e. The molecule has 8 rings (SSSR count). The van der Waals surface area contributed by atoms with Crippen molar-refractivity contribution in [2.24, 2.45) is 11.3 Å². The Morgan fingerprint density at radius 1 is 1.06 bits per heavy atom. The minimum absolute atomic E-state index is 0.00253. The molecule has 0 amide bonds. The van der Waals surface area contributed by atoms with Crippen molar-refractivity contribution in [2.75, 3.05) is 64.1 Å². The molecule has 1 aliphatic carbocycles. The standard InChI is InChI=1S/C39H47F2N5O5/c1-3-27-30(40)8-7-25-16-26(47)17-28(32(25)27)34-33(41)35-29(18-42-34)36(46-13-15-50-22-38(2,48)21-46)44-37(43-35)51-23-39-10-4-6-31(39)45(12-5-11-39)19-24-9-14-49-20-24/h7-8,16-18,24,31,47-48H,3-6,9-15,19-23H2,1-2H3. The molecule has 5 heterocycles.